The molecule has 3 saturated heterocycles. The fourth-order valence-electron chi connectivity index (χ4n) is 4.91. The number of rotatable bonds is 7. The van der Waals surface area contributed by atoms with Gasteiger partial charge in [0, 0.05) is 30.9 Å². The van der Waals surface area contributed by atoms with Gasteiger partial charge in [0.15, 0.2) is 9.84 Å². The highest BCUT2D eigenvalue weighted by Crippen LogP contribution is 2.29. The van der Waals surface area contributed by atoms with Crippen LogP contribution in [0.25, 0.3) is 0 Å². The number of aryl methyl sites for hydroxylation is 1. The molecule has 9 heteroatoms. The van der Waals surface area contributed by atoms with E-state index in [-0.39, 0.29) is 29.8 Å². The van der Waals surface area contributed by atoms with E-state index < -0.39 is 15.1 Å². The molecule has 0 radical (unpaired) electrons. The Bertz CT molecular complexity index is 927. The van der Waals surface area contributed by atoms with Crippen LogP contribution in [0.4, 0.5) is 16.2 Å². The molecule has 0 spiro atoms. The van der Waals surface area contributed by atoms with Crippen molar-refractivity contribution in [2.45, 2.75) is 62.8 Å². The van der Waals surface area contributed by atoms with Crippen molar-refractivity contribution in [3.05, 3.63) is 23.8 Å². The van der Waals surface area contributed by atoms with Gasteiger partial charge in [-0.2, -0.15) is 0 Å². The molecule has 3 fully saturated rings. The Morgan fingerprint density at radius 3 is 2.70 bits per heavy atom. The number of carbonyl (C=O) groups excluding carboxylic acids is 2. The number of hydrogen-bond donors (Lipinski definition) is 3. The molecule has 3 N–H and O–H groups in total. The molecule has 3 heterocycles. The molecule has 3 atom stereocenters. The first kappa shape index (κ1) is 21.0. The minimum absolute atomic E-state index is 0.00562. The van der Waals surface area contributed by atoms with Crippen molar-refractivity contribution < 1.29 is 18.0 Å². The molecule has 3 amide bonds. The minimum Gasteiger partial charge on any atom is -0.371 e. The Labute approximate surface area is 177 Å². The van der Waals surface area contributed by atoms with Gasteiger partial charge in [-0.05, 0) is 56.4 Å². The van der Waals surface area contributed by atoms with Crippen LogP contribution in [0.5, 0.6) is 0 Å². The Balaban J connectivity index is 1.23. The maximum absolute atomic E-state index is 12.3. The summed E-state index contributed by atoms with van der Waals surface area (Å²) in [6.07, 6.45) is 4.50. The highest BCUT2D eigenvalue weighted by atomic mass is 32.2. The van der Waals surface area contributed by atoms with E-state index in [0.717, 1.165) is 24.3 Å². The van der Waals surface area contributed by atoms with Gasteiger partial charge in [0.1, 0.15) is 0 Å². The van der Waals surface area contributed by atoms with Crippen LogP contribution in [0.3, 0.4) is 0 Å². The highest BCUT2D eigenvalue weighted by molar-refractivity contribution is 7.92. The fourth-order valence-corrected chi connectivity index (χ4v) is 7.17. The van der Waals surface area contributed by atoms with Crippen molar-refractivity contribution >= 4 is 33.2 Å². The normalized spacial score (nSPS) is 26.9. The van der Waals surface area contributed by atoms with Crippen LogP contribution < -0.4 is 20.9 Å². The number of benzene rings is 1. The van der Waals surface area contributed by atoms with Crippen LogP contribution in [-0.2, 0) is 14.6 Å². The molecular weight excluding hydrogens is 404 g/mol. The van der Waals surface area contributed by atoms with E-state index in [9.17, 15) is 18.0 Å². The van der Waals surface area contributed by atoms with E-state index in [1.54, 1.807) is 0 Å². The van der Waals surface area contributed by atoms with Gasteiger partial charge in [0.25, 0.3) is 0 Å². The van der Waals surface area contributed by atoms with Gasteiger partial charge in [-0.3, -0.25) is 4.79 Å². The number of anilines is 2. The van der Waals surface area contributed by atoms with Crippen LogP contribution in [0.15, 0.2) is 18.2 Å². The standard InChI is InChI=1S/C21H30N4O4S/c1-14-12-15(8-9-17(14)25-10-4-5-11-25)22-19(26)7-3-2-6-18-20-16(13-30(18,28)29)23-21(27)24-20/h8-9,12,16,18,20H,2-7,10-11,13H2,1H3,(H,22,26)(H2,23,24,27). The molecule has 4 rings (SSSR count). The molecule has 3 unspecified atom stereocenters. The SMILES string of the molecule is Cc1cc(NC(=O)CCCCC2C3NC(=O)NC3CS2(=O)=O)ccc1N1CCCC1. The second-order valence-electron chi connectivity index (χ2n) is 8.61. The smallest absolute Gasteiger partial charge is 0.315 e. The largest absolute Gasteiger partial charge is 0.371 e. The number of amides is 3. The van der Waals surface area contributed by atoms with Gasteiger partial charge in [0.05, 0.1) is 23.1 Å². The number of unbranched alkanes of at least 4 members (excludes halogenated alkanes) is 1. The summed E-state index contributed by atoms with van der Waals surface area (Å²) in [6.45, 7) is 4.24. The molecule has 1 aromatic rings. The summed E-state index contributed by atoms with van der Waals surface area (Å²) in [5.74, 6) is -0.0692. The van der Waals surface area contributed by atoms with Gasteiger partial charge < -0.3 is 20.9 Å². The first-order valence-electron chi connectivity index (χ1n) is 10.8. The lowest BCUT2D eigenvalue weighted by Crippen LogP contribution is -2.39. The average molecular weight is 435 g/mol. The van der Waals surface area contributed by atoms with E-state index in [4.69, 9.17) is 0 Å². The fraction of sp³-hybridized carbons (Fsp3) is 0.619. The molecule has 0 bridgehead atoms. The van der Waals surface area contributed by atoms with E-state index in [0.29, 0.717) is 25.7 Å². The van der Waals surface area contributed by atoms with E-state index >= 15 is 0 Å². The van der Waals surface area contributed by atoms with Crippen molar-refractivity contribution in [1.82, 2.24) is 10.6 Å². The summed E-state index contributed by atoms with van der Waals surface area (Å²) in [5.41, 5.74) is 3.18. The Kier molecular flexibility index (Phi) is 5.90. The van der Waals surface area contributed by atoms with Crippen molar-refractivity contribution in [2.24, 2.45) is 0 Å². The van der Waals surface area contributed by atoms with E-state index in [2.05, 4.69) is 33.8 Å². The highest BCUT2D eigenvalue weighted by Gasteiger charge is 2.51. The number of sulfone groups is 1. The molecule has 164 valence electrons. The molecule has 8 nitrogen and oxygen atoms in total. The number of nitrogens with zero attached hydrogens (tertiary/aromatic N) is 1. The minimum atomic E-state index is -3.22. The summed E-state index contributed by atoms with van der Waals surface area (Å²) in [5, 5.41) is 7.77. The van der Waals surface area contributed by atoms with Gasteiger partial charge in [0.2, 0.25) is 5.91 Å². The molecule has 1 aromatic carbocycles. The van der Waals surface area contributed by atoms with Crippen molar-refractivity contribution in [3.63, 3.8) is 0 Å². The maximum atomic E-state index is 12.3. The molecule has 0 aromatic heterocycles. The van der Waals surface area contributed by atoms with Crippen LogP contribution in [0, 0.1) is 6.92 Å². The lowest BCUT2D eigenvalue weighted by Gasteiger charge is -2.20. The zero-order valence-corrected chi connectivity index (χ0v) is 18.1. The summed E-state index contributed by atoms with van der Waals surface area (Å²) in [4.78, 5) is 26.1. The molecular formula is C21H30N4O4S. The Morgan fingerprint density at radius 2 is 1.97 bits per heavy atom. The molecule has 30 heavy (non-hydrogen) atoms. The predicted octanol–water partition coefficient (Wildman–Crippen LogP) is 1.94. The third-order valence-electron chi connectivity index (χ3n) is 6.39. The number of hydrogen-bond acceptors (Lipinski definition) is 5. The Hall–Kier alpha value is -2.29. The number of fused-ring (bicyclic) bond motifs is 1. The topological polar surface area (TPSA) is 108 Å². The van der Waals surface area contributed by atoms with Crippen LogP contribution in [0.2, 0.25) is 0 Å². The van der Waals surface area contributed by atoms with Gasteiger partial charge in [-0.25, -0.2) is 13.2 Å². The number of nitrogens with one attached hydrogen (secondary N) is 3. The summed E-state index contributed by atoms with van der Waals surface area (Å²) < 4.78 is 24.7. The first-order chi connectivity index (χ1) is 14.3. The second kappa shape index (κ2) is 8.45. The van der Waals surface area contributed by atoms with Crippen LogP contribution in [-0.4, -0.2) is 56.5 Å². The number of urea groups is 1. The lowest BCUT2D eigenvalue weighted by atomic mass is 10.0. The van der Waals surface area contributed by atoms with Gasteiger partial charge in [-0.1, -0.05) is 6.42 Å². The molecule has 0 saturated carbocycles. The number of carbonyl (C=O) groups is 2. The van der Waals surface area contributed by atoms with Crippen LogP contribution >= 0.6 is 0 Å². The zero-order chi connectivity index (χ0) is 21.3. The van der Waals surface area contributed by atoms with Crippen molar-refractivity contribution in [2.75, 3.05) is 29.1 Å². The van der Waals surface area contributed by atoms with Crippen LogP contribution in [0.1, 0.15) is 44.1 Å². The summed E-state index contributed by atoms with van der Waals surface area (Å²) in [6, 6.07) is 5.04. The van der Waals surface area contributed by atoms with E-state index in [1.807, 2.05) is 12.1 Å². The zero-order valence-electron chi connectivity index (χ0n) is 17.3. The Morgan fingerprint density at radius 1 is 1.20 bits per heavy atom. The first-order valence-corrected chi connectivity index (χ1v) is 12.5. The molecule has 0 aliphatic carbocycles. The maximum Gasteiger partial charge on any atom is 0.315 e. The van der Waals surface area contributed by atoms with Gasteiger partial charge >= 0.3 is 6.03 Å². The third kappa shape index (κ3) is 4.40. The average Bonchev–Trinajstić information content (AvgIpc) is 3.35. The molecule has 3 aliphatic rings. The third-order valence-corrected chi connectivity index (χ3v) is 8.67. The van der Waals surface area contributed by atoms with E-state index in [1.165, 1.54) is 18.5 Å². The van der Waals surface area contributed by atoms with Crippen molar-refractivity contribution in [1.29, 1.82) is 0 Å². The lowest BCUT2D eigenvalue weighted by molar-refractivity contribution is -0.116. The predicted molar refractivity (Wildman–Crippen MR) is 117 cm³/mol. The monoisotopic (exact) mass is 434 g/mol. The molecule has 3 aliphatic heterocycles. The summed E-state index contributed by atoms with van der Waals surface area (Å²) >= 11 is 0. The van der Waals surface area contributed by atoms with Crippen molar-refractivity contribution in [3.8, 4) is 0 Å². The summed E-state index contributed by atoms with van der Waals surface area (Å²) in [7, 11) is -3.22. The van der Waals surface area contributed by atoms with Gasteiger partial charge in [-0.15, -0.1) is 0 Å². The quantitative estimate of drug-likeness (QED) is 0.449. The second-order valence-corrected chi connectivity index (χ2v) is 10.9.